The van der Waals surface area contributed by atoms with E-state index < -0.39 is 15.9 Å². The SMILES string of the molecule is Cc1cc(C)cc(NC(=O)c2cc(S(=O)(=O)N3CCC(C)CC3)ccc2Cl)c1. The van der Waals surface area contributed by atoms with Gasteiger partial charge < -0.3 is 5.32 Å². The van der Waals surface area contributed by atoms with Crippen LogP contribution >= 0.6 is 11.6 Å². The molecule has 2 aromatic rings. The standard InChI is InChI=1S/C21H25ClN2O3S/c1-14-6-8-24(9-7-14)28(26,27)18-4-5-20(22)19(13-18)21(25)23-17-11-15(2)10-16(3)12-17/h4-5,10-14H,6-9H2,1-3H3,(H,23,25). The molecule has 0 aromatic heterocycles. The van der Waals surface area contributed by atoms with Crippen LogP contribution in [0.25, 0.3) is 0 Å². The topological polar surface area (TPSA) is 66.5 Å². The number of piperidine rings is 1. The second kappa shape index (κ2) is 8.23. The molecule has 0 radical (unpaired) electrons. The Balaban J connectivity index is 1.87. The number of sulfonamides is 1. The van der Waals surface area contributed by atoms with Gasteiger partial charge in [-0.3, -0.25) is 4.79 Å². The van der Waals surface area contributed by atoms with Crippen molar-refractivity contribution in [1.82, 2.24) is 4.31 Å². The van der Waals surface area contributed by atoms with E-state index in [1.807, 2.05) is 32.0 Å². The van der Waals surface area contributed by atoms with E-state index >= 15 is 0 Å². The number of benzene rings is 2. The first-order chi connectivity index (χ1) is 13.2. The molecule has 1 heterocycles. The van der Waals surface area contributed by atoms with Crippen molar-refractivity contribution in [2.75, 3.05) is 18.4 Å². The van der Waals surface area contributed by atoms with Crippen molar-refractivity contribution in [2.45, 2.75) is 38.5 Å². The fraction of sp³-hybridized carbons (Fsp3) is 0.381. The van der Waals surface area contributed by atoms with Crippen LogP contribution in [-0.4, -0.2) is 31.7 Å². The lowest BCUT2D eigenvalue weighted by atomic mass is 10.0. The lowest BCUT2D eigenvalue weighted by molar-refractivity contribution is 0.102. The molecule has 28 heavy (non-hydrogen) atoms. The lowest BCUT2D eigenvalue weighted by Gasteiger charge is -2.29. The third-order valence-electron chi connectivity index (χ3n) is 5.04. The van der Waals surface area contributed by atoms with Crippen molar-refractivity contribution in [1.29, 1.82) is 0 Å². The number of aryl methyl sites for hydroxylation is 2. The maximum absolute atomic E-state index is 13.0. The Bertz CT molecular complexity index is 976. The largest absolute Gasteiger partial charge is 0.322 e. The summed E-state index contributed by atoms with van der Waals surface area (Å²) in [6, 6.07) is 10.0. The summed E-state index contributed by atoms with van der Waals surface area (Å²) in [5, 5.41) is 3.03. The Kier molecular flexibility index (Phi) is 6.12. The van der Waals surface area contributed by atoms with Gasteiger partial charge >= 0.3 is 0 Å². The molecule has 0 unspecified atom stereocenters. The summed E-state index contributed by atoms with van der Waals surface area (Å²) in [4.78, 5) is 12.8. The van der Waals surface area contributed by atoms with E-state index in [-0.39, 0.29) is 15.5 Å². The third kappa shape index (κ3) is 4.57. The molecule has 0 spiro atoms. The summed E-state index contributed by atoms with van der Waals surface area (Å²) in [5.41, 5.74) is 2.85. The lowest BCUT2D eigenvalue weighted by Crippen LogP contribution is -2.37. The van der Waals surface area contributed by atoms with E-state index in [0.717, 1.165) is 24.0 Å². The highest BCUT2D eigenvalue weighted by Gasteiger charge is 2.29. The van der Waals surface area contributed by atoms with Gasteiger partial charge in [0.1, 0.15) is 0 Å². The smallest absolute Gasteiger partial charge is 0.257 e. The molecular formula is C21H25ClN2O3S. The fourth-order valence-electron chi connectivity index (χ4n) is 3.46. The molecule has 0 saturated carbocycles. The molecule has 7 heteroatoms. The molecule has 1 N–H and O–H groups in total. The Morgan fingerprint density at radius 2 is 1.68 bits per heavy atom. The minimum Gasteiger partial charge on any atom is -0.322 e. The average molecular weight is 421 g/mol. The Morgan fingerprint density at radius 1 is 1.07 bits per heavy atom. The molecule has 1 saturated heterocycles. The second-order valence-corrected chi connectivity index (χ2v) is 9.90. The molecule has 0 bridgehead atoms. The molecule has 0 atom stereocenters. The van der Waals surface area contributed by atoms with Crippen molar-refractivity contribution in [3.05, 3.63) is 58.1 Å². The number of hydrogen-bond donors (Lipinski definition) is 1. The highest BCUT2D eigenvalue weighted by molar-refractivity contribution is 7.89. The van der Waals surface area contributed by atoms with Crippen LogP contribution in [0.15, 0.2) is 41.3 Å². The van der Waals surface area contributed by atoms with Crippen LogP contribution in [-0.2, 0) is 10.0 Å². The summed E-state index contributed by atoms with van der Waals surface area (Å²) in [6.07, 6.45) is 1.68. The van der Waals surface area contributed by atoms with Gasteiger partial charge in [0.05, 0.1) is 15.5 Å². The maximum Gasteiger partial charge on any atom is 0.257 e. The van der Waals surface area contributed by atoms with Gasteiger partial charge in [-0.05, 0) is 74.1 Å². The first kappa shape index (κ1) is 20.8. The van der Waals surface area contributed by atoms with Gasteiger partial charge in [0.15, 0.2) is 0 Å². The molecule has 150 valence electrons. The van der Waals surface area contributed by atoms with Gasteiger partial charge in [0.25, 0.3) is 5.91 Å². The fourth-order valence-corrected chi connectivity index (χ4v) is 5.16. The van der Waals surface area contributed by atoms with E-state index in [9.17, 15) is 13.2 Å². The van der Waals surface area contributed by atoms with Crippen molar-refractivity contribution >= 4 is 33.2 Å². The molecule has 1 aliphatic rings. The minimum absolute atomic E-state index is 0.0945. The molecule has 1 fully saturated rings. The number of anilines is 1. The Labute approximate surface area is 171 Å². The molecule has 1 aliphatic heterocycles. The van der Waals surface area contributed by atoms with Crippen LogP contribution in [0.3, 0.4) is 0 Å². The second-order valence-electron chi connectivity index (χ2n) is 7.56. The number of halogens is 1. The van der Waals surface area contributed by atoms with Gasteiger partial charge in [0.2, 0.25) is 10.0 Å². The zero-order valence-electron chi connectivity index (χ0n) is 16.3. The van der Waals surface area contributed by atoms with Gasteiger partial charge in [-0.25, -0.2) is 8.42 Å². The summed E-state index contributed by atoms with van der Waals surface area (Å²) >= 11 is 6.21. The number of rotatable bonds is 4. The van der Waals surface area contributed by atoms with Crippen LogP contribution < -0.4 is 5.32 Å². The summed E-state index contributed by atoms with van der Waals surface area (Å²) in [5.74, 6) is 0.0927. The van der Waals surface area contributed by atoms with Crippen LogP contribution in [0.5, 0.6) is 0 Å². The summed E-state index contributed by atoms with van der Waals surface area (Å²) in [7, 11) is -3.65. The highest BCUT2D eigenvalue weighted by atomic mass is 35.5. The zero-order chi connectivity index (χ0) is 20.5. The number of nitrogens with one attached hydrogen (secondary N) is 1. The minimum atomic E-state index is -3.65. The quantitative estimate of drug-likeness (QED) is 0.784. The van der Waals surface area contributed by atoms with Crippen LogP contribution in [0.4, 0.5) is 5.69 Å². The molecular weight excluding hydrogens is 396 g/mol. The van der Waals surface area contributed by atoms with E-state index in [1.165, 1.54) is 22.5 Å². The predicted molar refractivity (Wildman–Crippen MR) is 112 cm³/mol. The number of carbonyl (C=O) groups is 1. The number of amides is 1. The normalized spacial score (nSPS) is 16.1. The van der Waals surface area contributed by atoms with Gasteiger partial charge in [0, 0.05) is 18.8 Å². The molecule has 2 aromatic carbocycles. The molecule has 1 amide bonds. The first-order valence-electron chi connectivity index (χ1n) is 9.36. The average Bonchev–Trinajstić information content (AvgIpc) is 2.61. The summed E-state index contributed by atoms with van der Waals surface area (Å²) < 4.78 is 27.4. The maximum atomic E-state index is 13.0. The predicted octanol–water partition coefficient (Wildman–Crippen LogP) is 4.63. The van der Waals surface area contributed by atoms with E-state index in [4.69, 9.17) is 11.6 Å². The van der Waals surface area contributed by atoms with Crippen LogP contribution in [0.2, 0.25) is 5.02 Å². The van der Waals surface area contributed by atoms with E-state index in [1.54, 1.807) is 0 Å². The molecule has 0 aliphatic carbocycles. The first-order valence-corrected chi connectivity index (χ1v) is 11.2. The van der Waals surface area contributed by atoms with Crippen molar-refractivity contribution < 1.29 is 13.2 Å². The highest BCUT2D eigenvalue weighted by Crippen LogP contribution is 2.27. The Hall–Kier alpha value is -1.89. The number of nitrogens with zero attached hydrogens (tertiary/aromatic N) is 1. The van der Waals surface area contributed by atoms with Gasteiger partial charge in [-0.1, -0.05) is 24.6 Å². The Morgan fingerprint density at radius 3 is 2.29 bits per heavy atom. The number of carbonyl (C=O) groups excluding carboxylic acids is 1. The van der Waals surface area contributed by atoms with Crippen molar-refractivity contribution in [2.24, 2.45) is 5.92 Å². The van der Waals surface area contributed by atoms with Crippen molar-refractivity contribution in [3.8, 4) is 0 Å². The number of hydrogen-bond acceptors (Lipinski definition) is 3. The van der Waals surface area contributed by atoms with Crippen LogP contribution in [0, 0.1) is 19.8 Å². The van der Waals surface area contributed by atoms with E-state index in [0.29, 0.717) is 24.7 Å². The van der Waals surface area contributed by atoms with E-state index in [2.05, 4.69) is 12.2 Å². The van der Waals surface area contributed by atoms with Crippen LogP contribution in [0.1, 0.15) is 41.3 Å². The third-order valence-corrected chi connectivity index (χ3v) is 7.27. The molecule has 3 rings (SSSR count). The molecule has 5 nitrogen and oxygen atoms in total. The van der Waals surface area contributed by atoms with Gasteiger partial charge in [-0.2, -0.15) is 4.31 Å². The monoisotopic (exact) mass is 420 g/mol. The zero-order valence-corrected chi connectivity index (χ0v) is 17.9. The summed E-state index contributed by atoms with van der Waals surface area (Å²) in [6.45, 7) is 7.01. The van der Waals surface area contributed by atoms with Crippen molar-refractivity contribution in [3.63, 3.8) is 0 Å². The van der Waals surface area contributed by atoms with Gasteiger partial charge in [-0.15, -0.1) is 0 Å².